The van der Waals surface area contributed by atoms with E-state index in [0.29, 0.717) is 15.6 Å². The fourth-order valence-electron chi connectivity index (χ4n) is 0.799. The van der Waals surface area contributed by atoms with E-state index in [-0.39, 0.29) is 6.61 Å². The third-order valence-electron chi connectivity index (χ3n) is 1.40. The van der Waals surface area contributed by atoms with Gasteiger partial charge in [0.05, 0.1) is 16.3 Å². The third kappa shape index (κ3) is 2.95. The van der Waals surface area contributed by atoms with E-state index in [1.165, 1.54) is 6.21 Å². The minimum atomic E-state index is 0.124. The molecular formula is C10H7Cl2NO. The van der Waals surface area contributed by atoms with Gasteiger partial charge in [0.2, 0.25) is 0 Å². The van der Waals surface area contributed by atoms with E-state index in [2.05, 4.69) is 11.1 Å². The molecule has 0 fully saturated rings. The van der Waals surface area contributed by atoms with Crippen LogP contribution in [0.3, 0.4) is 0 Å². The lowest BCUT2D eigenvalue weighted by Crippen LogP contribution is -1.87. The van der Waals surface area contributed by atoms with Crippen LogP contribution in [-0.4, -0.2) is 12.8 Å². The molecule has 0 bridgehead atoms. The first-order chi connectivity index (χ1) is 6.75. The Morgan fingerprint density at radius 3 is 2.64 bits per heavy atom. The maximum atomic E-state index is 5.87. The van der Waals surface area contributed by atoms with Crippen molar-refractivity contribution in [2.45, 2.75) is 0 Å². The summed E-state index contributed by atoms with van der Waals surface area (Å²) < 4.78 is 0. The predicted octanol–water partition coefficient (Wildman–Crippen LogP) is 2.98. The third-order valence-corrected chi connectivity index (χ3v) is 2.06. The van der Waals surface area contributed by atoms with Gasteiger partial charge in [-0.1, -0.05) is 40.3 Å². The van der Waals surface area contributed by atoms with Crippen molar-refractivity contribution in [1.82, 2.24) is 0 Å². The topological polar surface area (TPSA) is 21.6 Å². The molecule has 0 heterocycles. The van der Waals surface area contributed by atoms with Crippen LogP contribution in [-0.2, 0) is 4.84 Å². The quantitative estimate of drug-likeness (QED) is 0.337. The summed E-state index contributed by atoms with van der Waals surface area (Å²) in [6.45, 7) is 0.124. The summed E-state index contributed by atoms with van der Waals surface area (Å²) in [7, 11) is 0. The molecule has 1 aromatic carbocycles. The first-order valence-electron chi connectivity index (χ1n) is 3.78. The lowest BCUT2D eigenvalue weighted by atomic mass is 10.2. The van der Waals surface area contributed by atoms with Crippen LogP contribution in [0.2, 0.25) is 10.0 Å². The highest BCUT2D eigenvalue weighted by Crippen LogP contribution is 2.22. The summed E-state index contributed by atoms with van der Waals surface area (Å²) in [5.74, 6) is 2.28. The van der Waals surface area contributed by atoms with Gasteiger partial charge >= 0.3 is 0 Å². The Morgan fingerprint density at radius 2 is 2.07 bits per heavy atom. The molecule has 2 nitrogen and oxygen atoms in total. The van der Waals surface area contributed by atoms with Gasteiger partial charge < -0.3 is 4.84 Å². The van der Waals surface area contributed by atoms with Crippen LogP contribution >= 0.6 is 23.2 Å². The van der Waals surface area contributed by atoms with Crippen molar-refractivity contribution < 1.29 is 4.84 Å². The molecular weight excluding hydrogens is 221 g/mol. The summed E-state index contributed by atoms with van der Waals surface area (Å²) in [6, 6.07) is 5.19. The van der Waals surface area contributed by atoms with Crippen molar-refractivity contribution in [1.29, 1.82) is 0 Å². The summed E-state index contributed by atoms with van der Waals surface area (Å²) in [4.78, 5) is 4.71. The van der Waals surface area contributed by atoms with E-state index in [9.17, 15) is 0 Å². The number of benzene rings is 1. The first-order valence-corrected chi connectivity index (χ1v) is 4.54. The summed E-state index contributed by atoms with van der Waals surface area (Å²) in [5.41, 5.74) is 0.618. The molecule has 0 N–H and O–H groups in total. The van der Waals surface area contributed by atoms with Gasteiger partial charge in [-0.15, -0.1) is 6.42 Å². The molecule has 0 spiro atoms. The maximum Gasteiger partial charge on any atom is 0.177 e. The molecule has 0 aliphatic carbocycles. The van der Waals surface area contributed by atoms with Crippen LogP contribution in [0.15, 0.2) is 23.4 Å². The zero-order chi connectivity index (χ0) is 10.4. The minimum Gasteiger partial charge on any atom is -0.383 e. The van der Waals surface area contributed by atoms with E-state index in [1.54, 1.807) is 18.2 Å². The number of halogens is 2. The molecule has 1 rings (SSSR count). The molecule has 0 unspecified atom stereocenters. The molecule has 4 heteroatoms. The normalized spacial score (nSPS) is 10.1. The van der Waals surface area contributed by atoms with E-state index >= 15 is 0 Å². The Kier molecular flexibility index (Phi) is 4.31. The van der Waals surface area contributed by atoms with Gasteiger partial charge in [0.25, 0.3) is 0 Å². The molecule has 0 aliphatic heterocycles. The first kappa shape index (κ1) is 10.9. The lowest BCUT2D eigenvalue weighted by molar-refractivity contribution is 0.181. The van der Waals surface area contributed by atoms with Crippen molar-refractivity contribution in [3.05, 3.63) is 33.8 Å². The smallest absolute Gasteiger partial charge is 0.177 e. The fourth-order valence-corrected chi connectivity index (χ4v) is 1.29. The summed E-state index contributed by atoms with van der Waals surface area (Å²) in [5, 5.41) is 4.65. The number of oxime groups is 1. The average Bonchev–Trinajstić information content (AvgIpc) is 2.16. The Morgan fingerprint density at radius 1 is 1.43 bits per heavy atom. The van der Waals surface area contributed by atoms with Gasteiger partial charge in [-0.25, -0.2) is 0 Å². The Labute approximate surface area is 92.5 Å². The Bertz CT molecular complexity index is 362. The number of nitrogens with zero attached hydrogens (tertiary/aromatic N) is 1. The molecule has 14 heavy (non-hydrogen) atoms. The highest BCUT2D eigenvalue weighted by Gasteiger charge is 2.01. The molecule has 0 amide bonds. The molecule has 0 saturated carbocycles. The monoisotopic (exact) mass is 227 g/mol. The molecule has 0 atom stereocenters. The second-order valence-electron chi connectivity index (χ2n) is 2.35. The summed E-state index contributed by atoms with van der Waals surface area (Å²) in [6.07, 6.45) is 6.40. The van der Waals surface area contributed by atoms with Crippen molar-refractivity contribution in [2.75, 3.05) is 6.61 Å². The highest BCUT2D eigenvalue weighted by molar-refractivity contribution is 6.38. The number of rotatable bonds is 3. The minimum absolute atomic E-state index is 0.124. The Hall–Kier alpha value is -1.17. The van der Waals surface area contributed by atoms with Crippen molar-refractivity contribution in [3.8, 4) is 12.3 Å². The van der Waals surface area contributed by atoms with Crippen LogP contribution in [0.5, 0.6) is 0 Å². The van der Waals surface area contributed by atoms with Crippen LogP contribution < -0.4 is 0 Å². The SMILES string of the molecule is C#CCON=Cc1c(Cl)cccc1Cl. The zero-order valence-electron chi connectivity index (χ0n) is 7.21. The van der Waals surface area contributed by atoms with Gasteiger partial charge in [0, 0.05) is 5.56 Å². The van der Waals surface area contributed by atoms with Crippen LogP contribution in [0, 0.1) is 12.3 Å². The van der Waals surface area contributed by atoms with E-state index in [4.69, 9.17) is 34.5 Å². The van der Waals surface area contributed by atoms with Crippen LogP contribution in [0.1, 0.15) is 5.56 Å². The van der Waals surface area contributed by atoms with Gasteiger partial charge in [0.15, 0.2) is 6.61 Å². The van der Waals surface area contributed by atoms with Gasteiger partial charge in [-0.2, -0.15) is 0 Å². The molecule has 72 valence electrons. The van der Waals surface area contributed by atoms with Gasteiger partial charge in [-0.05, 0) is 12.1 Å². The maximum absolute atomic E-state index is 5.87. The second kappa shape index (κ2) is 5.54. The van der Waals surface area contributed by atoms with E-state index < -0.39 is 0 Å². The number of hydrogen-bond donors (Lipinski definition) is 0. The largest absolute Gasteiger partial charge is 0.383 e. The van der Waals surface area contributed by atoms with Gasteiger partial charge in [-0.3, -0.25) is 0 Å². The zero-order valence-corrected chi connectivity index (χ0v) is 8.72. The number of hydrogen-bond acceptors (Lipinski definition) is 2. The molecule has 0 saturated heterocycles. The van der Waals surface area contributed by atoms with Crippen LogP contribution in [0.25, 0.3) is 0 Å². The Balaban J connectivity index is 2.76. The lowest BCUT2D eigenvalue weighted by Gasteiger charge is -1.99. The number of terminal acetylenes is 1. The summed E-state index contributed by atoms with van der Waals surface area (Å²) >= 11 is 11.7. The fraction of sp³-hybridized carbons (Fsp3) is 0.100. The van der Waals surface area contributed by atoms with E-state index in [0.717, 1.165) is 0 Å². The second-order valence-corrected chi connectivity index (χ2v) is 3.16. The molecule has 0 aliphatic rings. The van der Waals surface area contributed by atoms with Gasteiger partial charge in [0.1, 0.15) is 0 Å². The van der Waals surface area contributed by atoms with E-state index in [1.807, 2.05) is 0 Å². The molecule has 0 radical (unpaired) electrons. The highest BCUT2D eigenvalue weighted by atomic mass is 35.5. The van der Waals surface area contributed by atoms with Crippen LogP contribution in [0.4, 0.5) is 0 Å². The van der Waals surface area contributed by atoms with Crippen molar-refractivity contribution in [3.63, 3.8) is 0 Å². The van der Waals surface area contributed by atoms with Crippen molar-refractivity contribution in [2.24, 2.45) is 5.16 Å². The average molecular weight is 228 g/mol. The molecule has 1 aromatic rings. The molecule has 0 aromatic heterocycles. The predicted molar refractivity (Wildman–Crippen MR) is 58.8 cm³/mol. The van der Waals surface area contributed by atoms with Crippen molar-refractivity contribution >= 4 is 29.4 Å². The standard InChI is InChI=1S/C10H7Cl2NO/c1-2-6-14-13-7-8-9(11)4-3-5-10(8)12/h1,3-5,7H,6H2.